The molecule has 1 amide bonds. The highest BCUT2D eigenvalue weighted by atomic mass is 16.6. The van der Waals surface area contributed by atoms with E-state index in [0.29, 0.717) is 11.1 Å². The molecule has 0 saturated carbocycles. The number of nitrogens with two attached hydrogens (primary N) is 1. The zero-order chi connectivity index (χ0) is 15.6. The van der Waals surface area contributed by atoms with Crippen molar-refractivity contribution in [2.24, 2.45) is 5.73 Å². The molecule has 0 aliphatic heterocycles. The number of rotatable bonds is 4. The summed E-state index contributed by atoms with van der Waals surface area (Å²) >= 11 is 0. The highest BCUT2D eigenvalue weighted by molar-refractivity contribution is 5.95. The van der Waals surface area contributed by atoms with E-state index in [1.54, 1.807) is 6.20 Å². The monoisotopic (exact) mass is 286 g/mol. The molecule has 0 radical (unpaired) electrons. The lowest BCUT2D eigenvalue weighted by Gasteiger charge is -2.11. The van der Waals surface area contributed by atoms with E-state index in [2.05, 4.69) is 9.97 Å². The van der Waals surface area contributed by atoms with E-state index in [0.717, 1.165) is 11.8 Å². The molecule has 1 aromatic carbocycles. The first-order valence-electron chi connectivity index (χ1n) is 6.29. The Morgan fingerprint density at radius 1 is 1.33 bits per heavy atom. The fourth-order valence-corrected chi connectivity index (χ4v) is 2.04. The Balaban J connectivity index is 2.69. The molecule has 0 aliphatic rings. The van der Waals surface area contributed by atoms with Crippen LogP contribution in [-0.4, -0.2) is 20.8 Å². The summed E-state index contributed by atoms with van der Waals surface area (Å²) in [6.07, 6.45) is 3.00. The maximum absolute atomic E-state index is 11.3. The summed E-state index contributed by atoms with van der Waals surface area (Å²) in [5.74, 6) is -0.609. The lowest BCUT2D eigenvalue weighted by molar-refractivity contribution is -0.384. The van der Waals surface area contributed by atoms with Crippen LogP contribution in [0.25, 0.3) is 11.1 Å². The molecule has 0 fully saturated rings. The molecule has 0 aliphatic carbocycles. The van der Waals surface area contributed by atoms with Crippen LogP contribution in [0.15, 0.2) is 30.7 Å². The molecule has 7 nitrogen and oxygen atoms in total. The summed E-state index contributed by atoms with van der Waals surface area (Å²) in [5, 5.41) is 11.0. The highest BCUT2D eigenvalue weighted by Gasteiger charge is 2.17. The van der Waals surface area contributed by atoms with E-state index in [9.17, 15) is 14.9 Å². The summed E-state index contributed by atoms with van der Waals surface area (Å²) in [7, 11) is 0. The van der Waals surface area contributed by atoms with Crippen molar-refractivity contribution in [3.05, 3.63) is 52.1 Å². The maximum Gasteiger partial charge on any atom is 0.270 e. The lowest BCUT2D eigenvalue weighted by Crippen LogP contribution is -2.11. The van der Waals surface area contributed by atoms with Crippen molar-refractivity contribution in [1.29, 1.82) is 0 Å². The van der Waals surface area contributed by atoms with Gasteiger partial charge in [-0.1, -0.05) is 13.8 Å². The van der Waals surface area contributed by atoms with Gasteiger partial charge in [-0.15, -0.1) is 0 Å². The molecule has 21 heavy (non-hydrogen) atoms. The predicted molar refractivity (Wildman–Crippen MR) is 76.7 cm³/mol. The summed E-state index contributed by atoms with van der Waals surface area (Å²) in [6, 6.07) is 4.06. The molecular weight excluding hydrogens is 272 g/mol. The third-order valence-corrected chi connectivity index (χ3v) is 3.01. The van der Waals surface area contributed by atoms with Crippen LogP contribution in [-0.2, 0) is 0 Å². The SMILES string of the molecule is CC(C)c1ncncc1-c1cc(C(N)=O)cc([N+](=O)[O-])c1. The normalized spacial score (nSPS) is 10.6. The Kier molecular flexibility index (Phi) is 3.93. The zero-order valence-corrected chi connectivity index (χ0v) is 11.6. The molecule has 0 spiro atoms. The first kappa shape index (κ1) is 14.6. The number of primary amides is 1. The van der Waals surface area contributed by atoms with E-state index < -0.39 is 10.8 Å². The largest absolute Gasteiger partial charge is 0.366 e. The van der Waals surface area contributed by atoms with Crippen LogP contribution in [0.4, 0.5) is 5.69 Å². The molecule has 0 bridgehead atoms. The number of non-ortho nitro benzene ring substituents is 1. The Morgan fingerprint density at radius 2 is 2.05 bits per heavy atom. The Hall–Kier alpha value is -2.83. The first-order chi connectivity index (χ1) is 9.90. The number of carbonyl (C=O) groups is 1. The second kappa shape index (κ2) is 5.66. The van der Waals surface area contributed by atoms with Gasteiger partial charge in [0.05, 0.1) is 10.6 Å². The number of nitrogens with zero attached hydrogens (tertiary/aromatic N) is 3. The van der Waals surface area contributed by atoms with Gasteiger partial charge >= 0.3 is 0 Å². The van der Waals surface area contributed by atoms with Crippen LogP contribution in [0.2, 0.25) is 0 Å². The second-order valence-electron chi connectivity index (χ2n) is 4.87. The molecule has 7 heteroatoms. The van der Waals surface area contributed by atoms with Crippen LogP contribution in [0, 0.1) is 10.1 Å². The van der Waals surface area contributed by atoms with E-state index >= 15 is 0 Å². The van der Waals surface area contributed by atoms with Gasteiger partial charge in [-0.05, 0) is 17.5 Å². The van der Waals surface area contributed by atoms with Crippen LogP contribution in [0.5, 0.6) is 0 Å². The molecule has 0 unspecified atom stereocenters. The topological polar surface area (TPSA) is 112 Å². The zero-order valence-electron chi connectivity index (χ0n) is 11.6. The van der Waals surface area contributed by atoms with Crippen molar-refractivity contribution < 1.29 is 9.72 Å². The van der Waals surface area contributed by atoms with Gasteiger partial charge in [-0.3, -0.25) is 14.9 Å². The standard InChI is InChI=1S/C14H14N4O3/c1-8(2)13-12(6-16-7-17-13)9-3-10(14(15)19)5-11(4-9)18(20)21/h3-8H,1-2H3,(H2,15,19). The number of nitro groups is 1. The summed E-state index contributed by atoms with van der Waals surface area (Å²) in [5.41, 5.74) is 7.03. The van der Waals surface area contributed by atoms with E-state index in [1.807, 2.05) is 13.8 Å². The molecule has 2 aromatic rings. The predicted octanol–water partition coefficient (Wildman–Crippen LogP) is 2.27. The fraction of sp³-hybridized carbons (Fsp3) is 0.214. The molecule has 108 valence electrons. The van der Waals surface area contributed by atoms with Gasteiger partial charge in [0, 0.05) is 29.5 Å². The Bertz CT molecular complexity index is 681. The molecule has 2 N–H and O–H groups in total. The number of hydrogen-bond donors (Lipinski definition) is 1. The Labute approximate surface area is 121 Å². The van der Waals surface area contributed by atoms with Crippen LogP contribution < -0.4 is 5.73 Å². The van der Waals surface area contributed by atoms with Gasteiger partial charge in [0.25, 0.3) is 5.69 Å². The second-order valence-corrected chi connectivity index (χ2v) is 4.87. The van der Waals surface area contributed by atoms with Crippen molar-refractivity contribution in [2.45, 2.75) is 19.8 Å². The third-order valence-electron chi connectivity index (χ3n) is 3.01. The number of benzene rings is 1. The van der Waals surface area contributed by atoms with Crippen molar-refractivity contribution in [3.63, 3.8) is 0 Å². The molecule has 1 heterocycles. The average Bonchev–Trinajstić information content (AvgIpc) is 2.46. The number of carbonyl (C=O) groups excluding carboxylic acids is 1. The van der Waals surface area contributed by atoms with Crippen LogP contribution >= 0.6 is 0 Å². The molecule has 0 atom stereocenters. The molecule has 2 rings (SSSR count). The van der Waals surface area contributed by atoms with E-state index in [4.69, 9.17) is 5.73 Å². The summed E-state index contributed by atoms with van der Waals surface area (Å²) in [4.78, 5) is 29.9. The van der Waals surface area contributed by atoms with Gasteiger partial charge in [0.2, 0.25) is 5.91 Å². The van der Waals surface area contributed by atoms with E-state index in [-0.39, 0.29) is 17.2 Å². The van der Waals surface area contributed by atoms with Gasteiger partial charge in [0.15, 0.2) is 0 Å². The highest BCUT2D eigenvalue weighted by Crippen LogP contribution is 2.30. The molecule has 0 saturated heterocycles. The number of nitro benzene ring substituents is 1. The van der Waals surface area contributed by atoms with Gasteiger partial charge in [-0.2, -0.15) is 0 Å². The number of amides is 1. The number of hydrogen-bond acceptors (Lipinski definition) is 5. The van der Waals surface area contributed by atoms with E-state index in [1.165, 1.54) is 18.5 Å². The van der Waals surface area contributed by atoms with Gasteiger partial charge in [0.1, 0.15) is 6.33 Å². The average molecular weight is 286 g/mol. The quantitative estimate of drug-likeness (QED) is 0.684. The minimum atomic E-state index is -0.720. The first-order valence-corrected chi connectivity index (χ1v) is 6.29. The van der Waals surface area contributed by atoms with Crippen molar-refractivity contribution in [1.82, 2.24) is 9.97 Å². The lowest BCUT2D eigenvalue weighted by atomic mass is 9.97. The van der Waals surface area contributed by atoms with Crippen molar-refractivity contribution in [2.75, 3.05) is 0 Å². The molecular formula is C14H14N4O3. The smallest absolute Gasteiger partial charge is 0.270 e. The Morgan fingerprint density at radius 3 is 2.62 bits per heavy atom. The third kappa shape index (κ3) is 3.02. The maximum atomic E-state index is 11.3. The summed E-state index contributed by atoms with van der Waals surface area (Å²) in [6.45, 7) is 3.91. The number of aromatic nitrogens is 2. The van der Waals surface area contributed by atoms with Gasteiger partial charge < -0.3 is 5.73 Å². The van der Waals surface area contributed by atoms with Gasteiger partial charge in [-0.25, -0.2) is 9.97 Å². The van der Waals surface area contributed by atoms with Crippen molar-refractivity contribution >= 4 is 11.6 Å². The summed E-state index contributed by atoms with van der Waals surface area (Å²) < 4.78 is 0. The van der Waals surface area contributed by atoms with Crippen LogP contribution in [0.1, 0.15) is 35.8 Å². The minimum Gasteiger partial charge on any atom is -0.366 e. The van der Waals surface area contributed by atoms with Crippen LogP contribution in [0.3, 0.4) is 0 Å². The minimum absolute atomic E-state index is 0.0813. The fourth-order valence-electron chi connectivity index (χ4n) is 2.04. The van der Waals surface area contributed by atoms with Crippen molar-refractivity contribution in [3.8, 4) is 11.1 Å². The molecule has 1 aromatic heterocycles.